The quantitative estimate of drug-likeness (QED) is 0.383. The van der Waals surface area contributed by atoms with E-state index in [1.807, 2.05) is 17.5 Å². The van der Waals surface area contributed by atoms with E-state index in [9.17, 15) is 14.4 Å². The van der Waals surface area contributed by atoms with Crippen molar-refractivity contribution in [3.05, 3.63) is 77.1 Å². The molecule has 1 unspecified atom stereocenters. The van der Waals surface area contributed by atoms with E-state index in [-0.39, 0.29) is 12.2 Å². The Morgan fingerprint density at radius 3 is 2.68 bits per heavy atom. The molecule has 176 valence electrons. The number of aromatic nitrogens is 1. The molecule has 1 aliphatic rings. The highest BCUT2D eigenvalue weighted by atomic mass is 32.1. The van der Waals surface area contributed by atoms with Gasteiger partial charge in [0.1, 0.15) is 6.04 Å². The fraction of sp³-hybridized carbons (Fsp3) is 0.250. The van der Waals surface area contributed by atoms with E-state index in [4.69, 9.17) is 14.2 Å². The number of carbonyl (C=O) groups excluding carboxylic acids is 2. The average Bonchev–Trinajstić information content (AvgIpc) is 3.42. The zero-order valence-electron chi connectivity index (χ0n) is 19.0. The van der Waals surface area contributed by atoms with E-state index in [0.717, 1.165) is 4.88 Å². The summed E-state index contributed by atoms with van der Waals surface area (Å²) in [6.45, 7) is 5.03. The Balaban J connectivity index is 1.86. The van der Waals surface area contributed by atoms with E-state index < -0.39 is 18.0 Å². The minimum absolute atomic E-state index is 0.225. The van der Waals surface area contributed by atoms with Gasteiger partial charge < -0.3 is 14.2 Å². The van der Waals surface area contributed by atoms with Crippen molar-refractivity contribution in [3.63, 3.8) is 0 Å². The largest absolute Gasteiger partial charge is 0.493 e. The van der Waals surface area contributed by atoms with Gasteiger partial charge in [-0.15, -0.1) is 11.3 Å². The number of thiophene rings is 1. The molecule has 8 nitrogen and oxygen atoms in total. The molecular weight excluding hydrogens is 476 g/mol. The van der Waals surface area contributed by atoms with Crippen LogP contribution in [0.2, 0.25) is 0 Å². The number of thiazole rings is 1. The molecule has 3 heterocycles. The molecule has 1 aromatic carbocycles. The molecule has 3 aromatic rings. The summed E-state index contributed by atoms with van der Waals surface area (Å²) in [6.07, 6.45) is 1.72. The van der Waals surface area contributed by atoms with Gasteiger partial charge in [-0.3, -0.25) is 14.2 Å². The summed E-state index contributed by atoms with van der Waals surface area (Å²) >= 11 is 2.70. The first-order chi connectivity index (χ1) is 16.3. The van der Waals surface area contributed by atoms with Crippen LogP contribution in [0.5, 0.6) is 11.5 Å². The second-order valence-electron chi connectivity index (χ2n) is 7.32. The minimum Gasteiger partial charge on any atom is -0.493 e. The zero-order valence-corrected chi connectivity index (χ0v) is 20.6. The predicted octanol–water partition coefficient (Wildman–Crippen LogP) is 2.79. The Morgan fingerprint density at radius 1 is 1.24 bits per heavy atom. The van der Waals surface area contributed by atoms with Crippen LogP contribution in [-0.2, 0) is 14.3 Å². The van der Waals surface area contributed by atoms with Crippen molar-refractivity contribution in [2.45, 2.75) is 26.8 Å². The highest BCUT2D eigenvalue weighted by Crippen LogP contribution is 2.33. The number of rotatable bonds is 6. The summed E-state index contributed by atoms with van der Waals surface area (Å²) in [4.78, 5) is 43.6. The van der Waals surface area contributed by atoms with E-state index >= 15 is 0 Å². The summed E-state index contributed by atoms with van der Waals surface area (Å²) in [5, 5.41) is 1.90. The van der Waals surface area contributed by atoms with Crippen molar-refractivity contribution in [1.29, 1.82) is 0 Å². The zero-order chi connectivity index (χ0) is 24.4. The number of hydrogen-bond donors (Lipinski definition) is 0. The van der Waals surface area contributed by atoms with Crippen LogP contribution < -0.4 is 24.4 Å². The van der Waals surface area contributed by atoms with Gasteiger partial charge in [0.2, 0.25) is 0 Å². The lowest BCUT2D eigenvalue weighted by Gasteiger charge is -2.23. The van der Waals surface area contributed by atoms with Crippen molar-refractivity contribution in [2.24, 2.45) is 4.99 Å². The molecule has 2 aromatic heterocycles. The van der Waals surface area contributed by atoms with Gasteiger partial charge in [-0.1, -0.05) is 23.5 Å². The van der Waals surface area contributed by atoms with Gasteiger partial charge in [-0.05, 0) is 49.1 Å². The van der Waals surface area contributed by atoms with Crippen LogP contribution in [0.4, 0.5) is 0 Å². The summed E-state index contributed by atoms with van der Waals surface area (Å²) in [7, 11) is 1.47. The van der Waals surface area contributed by atoms with Crippen LogP contribution in [0.15, 0.2) is 56.8 Å². The molecule has 0 saturated heterocycles. The first-order valence-electron chi connectivity index (χ1n) is 10.4. The summed E-state index contributed by atoms with van der Waals surface area (Å²) < 4.78 is 17.7. The molecule has 0 N–H and O–H groups in total. The number of ether oxygens (including phenoxy) is 3. The Labute approximate surface area is 203 Å². The third-order valence-corrected chi connectivity index (χ3v) is 6.98. The number of methoxy groups -OCH3 is 1. The van der Waals surface area contributed by atoms with E-state index in [2.05, 4.69) is 4.99 Å². The molecule has 4 rings (SSSR count). The maximum Gasteiger partial charge on any atom is 0.338 e. The minimum atomic E-state index is -0.613. The molecular formula is C24H22N2O6S2. The van der Waals surface area contributed by atoms with Crippen LogP contribution in [0.3, 0.4) is 0 Å². The Hall–Kier alpha value is -3.50. The van der Waals surface area contributed by atoms with Gasteiger partial charge in [-0.25, -0.2) is 9.79 Å². The number of esters is 2. The Kier molecular flexibility index (Phi) is 6.80. The molecule has 0 aliphatic carbocycles. The lowest BCUT2D eigenvalue weighted by Crippen LogP contribution is -2.39. The second-order valence-corrected chi connectivity index (χ2v) is 9.31. The third kappa shape index (κ3) is 4.46. The number of nitrogens with zero attached hydrogens (tertiary/aromatic N) is 2. The Morgan fingerprint density at radius 2 is 2.03 bits per heavy atom. The van der Waals surface area contributed by atoms with Gasteiger partial charge in [0.05, 0.1) is 29.5 Å². The van der Waals surface area contributed by atoms with Crippen LogP contribution >= 0.6 is 22.7 Å². The number of carbonyl (C=O) groups is 2. The van der Waals surface area contributed by atoms with Crippen molar-refractivity contribution >= 4 is 40.7 Å². The topological polar surface area (TPSA) is 96.2 Å². The van der Waals surface area contributed by atoms with Gasteiger partial charge in [-0.2, -0.15) is 0 Å². The number of fused-ring (bicyclic) bond motifs is 1. The van der Waals surface area contributed by atoms with Crippen LogP contribution in [0.1, 0.15) is 37.3 Å². The van der Waals surface area contributed by atoms with Crippen LogP contribution in [0, 0.1) is 0 Å². The lowest BCUT2D eigenvalue weighted by atomic mass is 10.0. The molecule has 1 atom stereocenters. The first kappa shape index (κ1) is 23.7. The molecule has 1 aliphatic heterocycles. The summed E-state index contributed by atoms with van der Waals surface area (Å²) in [5.41, 5.74) is 1.30. The van der Waals surface area contributed by atoms with E-state index in [0.29, 0.717) is 37.7 Å². The molecule has 0 saturated carbocycles. The van der Waals surface area contributed by atoms with Gasteiger partial charge in [0.25, 0.3) is 5.56 Å². The van der Waals surface area contributed by atoms with Gasteiger partial charge in [0.15, 0.2) is 16.3 Å². The Bertz CT molecular complexity index is 1460. The molecule has 0 radical (unpaired) electrons. The van der Waals surface area contributed by atoms with Gasteiger partial charge in [0, 0.05) is 11.8 Å². The second kappa shape index (κ2) is 9.78. The van der Waals surface area contributed by atoms with E-state index in [1.165, 1.54) is 36.7 Å². The number of allylic oxidation sites excluding steroid dienone is 1. The smallest absolute Gasteiger partial charge is 0.338 e. The highest BCUT2D eigenvalue weighted by molar-refractivity contribution is 7.10. The highest BCUT2D eigenvalue weighted by Gasteiger charge is 2.33. The predicted molar refractivity (Wildman–Crippen MR) is 129 cm³/mol. The fourth-order valence-corrected chi connectivity index (χ4v) is 5.54. The first-order valence-corrected chi connectivity index (χ1v) is 12.1. The molecule has 10 heteroatoms. The van der Waals surface area contributed by atoms with Crippen molar-refractivity contribution in [1.82, 2.24) is 4.57 Å². The standard InChI is InChI=1S/C24H22N2O6S2/c1-5-31-23(29)20-13(2)25-24-26(21(20)18-7-6-10-33-18)22(28)19(34-24)12-15-8-9-16(32-14(3)27)17(11-15)30-4/h6-12,21H,5H2,1-4H3. The molecule has 34 heavy (non-hydrogen) atoms. The maximum absolute atomic E-state index is 13.5. The van der Waals surface area contributed by atoms with Crippen LogP contribution in [-0.4, -0.2) is 30.2 Å². The number of benzene rings is 1. The molecule has 0 bridgehead atoms. The van der Waals surface area contributed by atoms with E-state index in [1.54, 1.807) is 42.7 Å². The van der Waals surface area contributed by atoms with Gasteiger partial charge >= 0.3 is 11.9 Å². The molecule has 0 fully saturated rings. The van der Waals surface area contributed by atoms with Crippen molar-refractivity contribution < 1.29 is 23.8 Å². The number of hydrogen-bond acceptors (Lipinski definition) is 9. The maximum atomic E-state index is 13.5. The fourth-order valence-electron chi connectivity index (χ4n) is 3.67. The monoisotopic (exact) mass is 498 g/mol. The van der Waals surface area contributed by atoms with Crippen LogP contribution in [0.25, 0.3) is 6.08 Å². The summed E-state index contributed by atoms with van der Waals surface area (Å²) in [6, 6.07) is 8.18. The SMILES string of the molecule is CCOC(=O)C1=C(C)N=c2sc(=Cc3ccc(OC(C)=O)c(OC)c3)c(=O)n2C1c1cccs1. The average molecular weight is 499 g/mol. The molecule has 0 spiro atoms. The van der Waals surface area contributed by atoms with Crippen molar-refractivity contribution in [2.75, 3.05) is 13.7 Å². The normalized spacial score (nSPS) is 15.5. The summed E-state index contributed by atoms with van der Waals surface area (Å²) in [5.74, 6) is -0.280. The van der Waals surface area contributed by atoms with Crippen molar-refractivity contribution in [3.8, 4) is 11.5 Å². The third-order valence-electron chi connectivity index (χ3n) is 5.07. The molecule has 0 amide bonds. The lowest BCUT2D eigenvalue weighted by molar-refractivity contribution is -0.139.